The molecule has 4 aromatic rings. The summed E-state index contributed by atoms with van der Waals surface area (Å²) in [5, 5.41) is 1.14. The number of thioether (sulfide) groups is 1. The number of amides is 2. The van der Waals surface area contributed by atoms with Crippen LogP contribution in [0.15, 0.2) is 90.0 Å². The van der Waals surface area contributed by atoms with Crippen molar-refractivity contribution in [3.8, 4) is 0 Å². The van der Waals surface area contributed by atoms with Crippen molar-refractivity contribution in [1.82, 2.24) is 14.8 Å². The molecule has 0 atom stereocenters. The summed E-state index contributed by atoms with van der Waals surface area (Å²) >= 11 is 1.48. The number of H-pyrrole nitrogens is 1. The molecule has 4 rings (SSSR count). The van der Waals surface area contributed by atoms with Gasteiger partial charge in [0, 0.05) is 41.6 Å². The smallest absolute Gasteiger partial charge is 0.242 e. The maximum Gasteiger partial charge on any atom is 0.242 e. The van der Waals surface area contributed by atoms with Crippen molar-refractivity contribution in [2.45, 2.75) is 31.7 Å². The highest BCUT2D eigenvalue weighted by molar-refractivity contribution is 8.00. The van der Waals surface area contributed by atoms with Crippen molar-refractivity contribution >= 4 is 34.5 Å². The Balaban J connectivity index is 1.48. The first kappa shape index (κ1) is 27.5. The summed E-state index contributed by atoms with van der Waals surface area (Å²) in [4.78, 5) is 34.6. The minimum atomic E-state index is -0.310. The van der Waals surface area contributed by atoms with Gasteiger partial charge >= 0.3 is 0 Å². The molecule has 7 heteroatoms. The molecule has 0 radical (unpaired) electrons. The van der Waals surface area contributed by atoms with Gasteiger partial charge in [-0.1, -0.05) is 62.4 Å². The van der Waals surface area contributed by atoms with E-state index < -0.39 is 0 Å². The number of halogens is 1. The fourth-order valence-electron chi connectivity index (χ4n) is 4.41. The van der Waals surface area contributed by atoms with Crippen molar-refractivity contribution in [3.63, 3.8) is 0 Å². The lowest BCUT2D eigenvalue weighted by molar-refractivity contribution is -0.140. The molecule has 3 aromatic carbocycles. The Kier molecular flexibility index (Phi) is 9.60. The van der Waals surface area contributed by atoms with E-state index in [1.54, 1.807) is 21.9 Å². The highest BCUT2D eigenvalue weighted by Gasteiger charge is 2.23. The third-order valence-corrected chi connectivity index (χ3v) is 7.33. The van der Waals surface area contributed by atoms with E-state index in [1.165, 1.54) is 23.9 Å². The number of carbonyl (C=O) groups excluding carboxylic acids is 2. The molecule has 1 heterocycles. The first-order valence-corrected chi connectivity index (χ1v) is 13.9. The molecule has 0 fully saturated rings. The summed E-state index contributed by atoms with van der Waals surface area (Å²) < 4.78 is 13.5. The van der Waals surface area contributed by atoms with Crippen LogP contribution in [0.2, 0.25) is 0 Å². The van der Waals surface area contributed by atoms with E-state index in [0.717, 1.165) is 26.9 Å². The van der Waals surface area contributed by atoms with Gasteiger partial charge in [0.05, 0.1) is 12.3 Å². The van der Waals surface area contributed by atoms with Crippen LogP contribution in [0.25, 0.3) is 10.9 Å². The van der Waals surface area contributed by atoms with E-state index in [9.17, 15) is 14.0 Å². The summed E-state index contributed by atoms with van der Waals surface area (Å²) in [7, 11) is 0. The lowest BCUT2D eigenvalue weighted by Gasteiger charge is -2.29. The zero-order chi connectivity index (χ0) is 26.9. The third-order valence-electron chi connectivity index (χ3n) is 6.34. The predicted octanol–water partition coefficient (Wildman–Crippen LogP) is 6.16. The van der Waals surface area contributed by atoms with Crippen LogP contribution in [-0.2, 0) is 22.6 Å². The van der Waals surface area contributed by atoms with Gasteiger partial charge in [0.25, 0.3) is 0 Å². The second-order valence-electron chi connectivity index (χ2n) is 9.82. The lowest BCUT2D eigenvalue weighted by atomic mass is 10.1. The maximum atomic E-state index is 13.7. The van der Waals surface area contributed by atoms with E-state index in [4.69, 9.17) is 0 Å². The average molecular weight is 532 g/mol. The number of nitrogens with zero attached hydrogens (tertiary/aromatic N) is 2. The van der Waals surface area contributed by atoms with E-state index in [0.29, 0.717) is 26.1 Å². The van der Waals surface area contributed by atoms with Crippen molar-refractivity contribution in [3.05, 3.63) is 102 Å². The molecule has 38 heavy (non-hydrogen) atoms. The van der Waals surface area contributed by atoms with Crippen LogP contribution in [-0.4, -0.2) is 52.0 Å². The minimum absolute atomic E-state index is 0.0153. The van der Waals surface area contributed by atoms with Gasteiger partial charge < -0.3 is 14.8 Å². The van der Waals surface area contributed by atoms with Crippen molar-refractivity contribution < 1.29 is 14.0 Å². The molecule has 0 saturated heterocycles. The molecule has 1 aromatic heterocycles. The topological polar surface area (TPSA) is 56.4 Å². The predicted molar refractivity (Wildman–Crippen MR) is 152 cm³/mol. The number of aromatic amines is 1. The van der Waals surface area contributed by atoms with Crippen LogP contribution in [0.3, 0.4) is 0 Å². The molecule has 0 saturated carbocycles. The zero-order valence-corrected chi connectivity index (χ0v) is 22.7. The van der Waals surface area contributed by atoms with Gasteiger partial charge in [-0.3, -0.25) is 9.59 Å². The van der Waals surface area contributed by atoms with Crippen LogP contribution in [0.4, 0.5) is 4.39 Å². The summed E-state index contributed by atoms with van der Waals surface area (Å²) in [6.45, 7) is 5.45. The molecule has 1 N–H and O–H groups in total. The summed E-state index contributed by atoms with van der Waals surface area (Å²) in [6, 6.07) is 24.1. The number of hydrogen-bond acceptors (Lipinski definition) is 3. The van der Waals surface area contributed by atoms with Gasteiger partial charge in [0.2, 0.25) is 11.8 Å². The van der Waals surface area contributed by atoms with Crippen molar-refractivity contribution in [2.24, 2.45) is 5.92 Å². The van der Waals surface area contributed by atoms with Crippen molar-refractivity contribution in [2.75, 3.05) is 25.4 Å². The zero-order valence-electron chi connectivity index (χ0n) is 21.9. The molecule has 0 aliphatic heterocycles. The summed E-state index contributed by atoms with van der Waals surface area (Å²) in [6.07, 6.45) is 2.65. The fourth-order valence-corrected chi connectivity index (χ4v) is 5.23. The fraction of sp³-hybridized carbons (Fsp3) is 0.290. The summed E-state index contributed by atoms with van der Waals surface area (Å²) in [5.74, 6) is 0.0181. The van der Waals surface area contributed by atoms with Gasteiger partial charge in [-0.15, -0.1) is 11.8 Å². The Hall–Kier alpha value is -3.58. The number of fused-ring (bicyclic) bond motifs is 1. The maximum absolute atomic E-state index is 13.7. The van der Waals surface area contributed by atoms with Gasteiger partial charge in [-0.25, -0.2) is 4.39 Å². The molecule has 5 nitrogen and oxygen atoms in total. The van der Waals surface area contributed by atoms with Gasteiger partial charge in [0.15, 0.2) is 0 Å². The largest absolute Gasteiger partial charge is 0.361 e. The molecule has 0 spiro atoms. The Morgan fingerprint density at radius 2 is 1.61 bits per heavy atom. The molecular weight excluding hydrogens is 497 g/mol. The lowest BCUT2D eigenvalue weighted by Crippen LogP contribution is -2.45. The van der Waals surface area contributed by atoms with Gasteiger partial charge in [-0.05, 0) is 53.8 Å². The van der Waals surface area contributed by atoms with Gasteiger partial charge in [0.1, 0.15) is 5.82 Å². The number of para-hydroxylation sites is 1. The minimum Gasteiger partial charge on any atom is -0.361 e. The monoisotopic (exact) mass is 531 g/mol. The van der Waals surface area contributed by atoms with Crippen LogP contribution in [0.5, 0.6) is 0 Å². The van der Waals surface area contributed by atoms with E-state index in [2.05, 4.69) is 11.1 Å². The first-order chi connectivity index (χ1) is 18.4. The Morgan fingerprint density at radius 1 is 0.895 bits per heavy atom. The summed E-state index contributed by atoms with van der Waals surface area (Å²) in [5.41, 5.74) is 3.04. The van der Waals surface area contributed by atoms with Crippen LogP contribution >= 0.6 is 11.8 Å². The molecule has 0 bridgehead atoms. The molecule has 198 valence electrons. The normalized spacial score (nSPS) is 11.2. The number of benzene rings is 3. The molecule has 0 unspecified atom stereocenters. The standard InChI is InChI=1S/C31H34FN3O2S/c1-23(2)19-35(31(37)22-38-27-8-4-3-5-9-27)21-30(36)34(20-24-12-14-26(32)15-13-24)17-16-25-18-33-29-11-7-6-10-28(25)29/h3-15,18,23,33H,16-17,19-22H2,1-2H3. The third kappa shape index (κ3) is 7.71. The molecule has 0 aliphatic rings. The van der Waals surface area contributed by atoms with E-state index >= 15 is 0 Å². The Labute approximate surface area is 228 Å². The number of rotatable bonds is 12. The average Bonchev–Trinajstić information content (AvgIpc) is 3.33. The highest BCUT2D eigenvalue weighted by atomic mass is 32.2. The Bertz CT molecular complexity index is 1340. The quantitative estimate of drug-likeness (QED) is 0.223. The molecular formula is C31H34FN3O2S. The second kappa shape index (κ2) is 13.3. The number of nitrogens with one attached hydrogen (secondary N) is 1. The van der Waals surface area contributed by atoms with Crippen LogP contribution in [0, 0.1) is 11.7 Å². The number of hydrogen-bond donors (Lipinski definition) is 1. The molecule has 2 amide bonds. The van der Waals surface area contributed by atoms with E-state index in [1.807, 2.05) is 68.6 Å². The van der Waals surface area contributed by atoms with Gasteiger partial charge in [-0.2, -0.15) is 0 Å². The molecule has 0 aliphatic carbocycles. The highest BCUT2D eigenvalue weighted by Crippen LogP contribution is 2.20. The van der Waals surface area contributed by atoms with Crippen molar-refractivity contribution in [1.29, 1.82) is 0 Å². The second-order valence-corrected chi connectivity index (χ2v) is 10.9. The number of aromatic nitrogens is 1. The van der Waals surface area contributed by atoms with Crippen LogP contribution in [0.1, 0.15) is 25.0 Å². The van der Waals surface area contributed by atoms with E-state index in [-0.39, 0.29) is 35.8 Å². The first-order valence-electron chi connectivity index (χ1n) is 12.9. The van der Waals surface area contributed by atoms with Crippen LogP contribution < -0.4 is 0 Å². The Morgan fingerprint density at radius 3 is 2.34 bits per heavy atom. The number of carbonyl (C=O) groups is 2. The SMILES string of the molecule is CC(C)CN(CC(=O)N(CCc1c[nH]c2ccccc12)Cc1ccc(F)cc1)C(=O)CSc1ccccc1.